The standard InChI is InChI=1S/C58H98N4O42/c1-15-30(74)38(82)41(85)55(91-15)104-50-49(103-52-27(60-16(2)71)37(81)31(75)20(6-64)93-52)36(80)24(10-68)96-58(50)101-46-28(61-17(3)72)51(92-21(7-65)33(46)77)90-13-26-32(76)39(83)42(86)56(98-26)100-47-29(62-18(4)73)53(94-22(8-66)34(47)78)102-48-35(79)23(9-67)95-57(44(48)88)99-45-25(11-69)97-54(43(87)40(45)84)89-12-19(5-63)59-14-70/h14-15,19-58,63-69,74-88H,5-13H2,1-4H3,(H,59,70)(H,60,71)(H,61,72)(H,62,73)/t15-,19+,20+,21+,22+,23+,24+,25+,26+,27+,28+,29+,30+,31-,32-,33+,34+,35-,36-,37+,38+,39-,40+,41-,42+,43+,44+,45+,46+,47+,48-,49-,50+,51+,52+,53-,54+,55-,56-,57-,58-/m0/s1. The zero-order valence-electron chi connectivity index (χ0n) is 56.1. The Morgan fingerprint density at radius 3 is 1.23 bits per heavy atom. The quantitative estimate of drug-likeness (QED) is 0.0297. The van der Waals surface area contributed by atoms with E-state index in [-0.39, 0.29) is 6.41 Å². The molecule has 8 saturated heterocycles. The fraction of sp³-hybridized carbons (Fsp3) is 0.931. The molecule has 0 unspecified atom stereocenters. The van der Waals surface area contributed by atoms with Crippen molar-refractivity contribution < 1.29 is 207 Å². The molecule has 4 amide bonds. The van der Waals surface area contributed by atoms with Gasteiger partial charge in [0, 0.05) is 20.8 Å². The van der Waals surface area contributed by atoms with Gasteiger partial charge in [0.1, 0.15) is 189 Å². The Hall–Kier alpha value is -3.64. The monoisotopic (exact) mass is 1520 g/mol. The summed E-state index contributed by atoms with van der Waals surface area (Å²) in [5, 5.41) is 252. The molecule has 0 bridgehead atoms. The SMILES string of the molecule is CC(=O)N[C@H]1[C@@H](O[C@H]2[C@@H](O)[C@@H](CO)O[C@@H](O[C@H]3[C@H](O)[C@@H](CO)O[C@@H](OC[C@H]4O[C@@H](O[C@H]5[C@H](O)[C@@H](CO)O[C@@H](O[C@H]6[C@@H](O)[C@@H](CO)O[C@@H](O[C@H]7[C@H](O)[C@@H](O)[C@H](OC[C@@H](CO)NC=O)O[C@@H]7CO)[C@@H]6O)[C@@H]5NC(C)=O)[C@H](O)[C@@H](O)[C@H]4O)[C@@H]3NC(C)=O)[C@@H]2O[C@@H]2O[C@@H](C)[C@@H](O)[C@@H](O)[C@@H]2O)O[C@H](CO)[C@H](O)[C@@H]1O. The molecule has 0 aromatic carbocycles. The highest BCUT2D eigenvalue weighted by atomic mass is 16.8. The predicted molar refractivity (Wildman–Crippen MR) is 322 cm³/mol. The van der Waals surface area contributed by atoms with Crippen molar-refractivity contribution in [2.45, 2.75) is 279 Å². The smallest absolute Gasteiger partial charge is 0.217 e. The molecular formula is C58H98N4O42. The van der Waals surface area contributed by atoms with E-state index in [0.29, 0.717) is 0 Å². The summed E-state index contributed by atoms with van der Waals surface area (Å²) in [6, 6.07) is -6.51. The fourth-order valence-corrected chi connectivity index (χ4v) is 13.1. The van der Waals surface area contributed by atoms with Gasteiger partial charge in [0.2, 0.25) is 24.1 Å². The van der Waals surface area contributed by atoms with Gasteiger partial charge in [-0.25, -0.2) is 0 Å². The van der Waals surface area contributed by atoms with Gasteiger partial charge < -0.3 is 209 Å². The minimum Gasteiger partial charge on any atom is -0.394 e. The summed E-state index contributed by atoms with van der Waals surface area (Å²) >= 11 is 0. The average Bonchev–Trinajstić information content (AvgIpc) is 0.763. The highest BCUT2D eigenvalue weighted by molar-refractivity contribution is 5.74. The van der Waals surface area contributed by atoms with E-state index in [1.807, 2.05) is 0 Å². The lowest BCUT2D eigenvalue weighted by atomic mass is 9.94. The average molecular weight is 1520 g/mol. The lowest BCUT2D eigenvalue weighted by Crippen LogP contribution is -2.71. The largest absolute Gasteiger partial charge is 0.394 e. The Labute approximate surface area is 590 Å². The van der Waals surface area contributed by atoms with Crippen LogP contribution >= 0.6 is 0 Å². The van der Waals surface area contributed by atoms with Gasteiger partial charge in [-0.05, 0) is 6.92 Å². The van der Waals surface area contributed by atoms with E-state index in [1.165, 1.54) is 6.92 Å². The highest BCUT2D eigenvalue weighted by Crippen LogP contribution is 2.39. The van der Waals surface area contributed by atoms with E-state index in [4.69, 9.17) is 75.8 Å². The van der Waals surface area contributed by atoms with Gasteiger partial charge in [-0.1, -0.05) is 0 Å². The number of aliphatic hydroxyl groups excluding tert-OH is 22. The molecule has 0 aromatic rings. The lowest BCUT2D eigenvalue weighted by molar-refractivity contribution is -0.398. The third-order valence-corrected chi connectivity index (χ3v) is 18.8. The van der Waals surface area contributed by atoms with Crippen LogP contribution in [0, 0.1) is 0 Å². The van der Waals surface area contributed by atoms with Gasteiger partial charge in [-0.3, -0.25) is 19.2 Å². The topological polar surface area (TPSA) is 709 Å². The van der Waals surface area contributed by atoms with E-state index in [9.17, 15) is 132 Å². The van der Waals surface area contributed by atoms with Crippen LogP contribution in [0.3, 0.4) is 0 Å². The molecule has 104 heavy (non-hydrogen) atoms. The van der Waals surface area contributed by atoms with Crippen LogP contribution in [-0.2, 0) is 95.0 Å². The first-order chi connectivity index (χ1) is 49.3. The van der Waals surface area contributed by atoms with Crippen molar-refractivity contribution in [3.05, 3.63) is 0 Å². The lowest BCUT2D eigenvalue weighted by Gasteiger charge is -2.51. The molecule has 8 fully saturated rings. The maximum atomic E-state index is 13.2. The number of ether oxygens (including phenoxy) is 16. The van der Waals surface area contributed by atoms with Crippen LogP contribution < -0.4 is 21.3 Å². The Bertz CT molecular complexity index is 2680. The van der Waals surface area contributed by atoms with Crippen LogP contribution in [0.5, 0.6) is 0 Å². The molecule has 8 heterocycles. The van der Waals surface area contributed by atoms with Crippen molar-refractivity contribution in [1.29, 1.82) is 0 Å². The maximum absolute atomic E-state index is 13.2. The van der Waals surface area contributed by atoms with E-state index < -0.39 is 329 Å². The second kappa shape index (κ2) is 38.3. The molecule has 602 valence electrons. The van der Waals surface area contributed by atoms with Gasteiger partial charge >= 0.3 is 0 Å². The molecule has 0 saturated carbocycles. The van der Waals surface area contributed by atoms with Gasteiger partial charge in [0.15, 0.2) is 50.3 Å². The summed E-state index contributed by atoms with van der Waals surface area (Å²) < 4.78 is 94.5. The summed E-state index contributed by atoms with van der Waals surface area (Å²) in [6.07, 6.45) is -73.4. The van der Waals surface area contributed by atoms with Gasteiger partial charge in [0.05, 0.1) is 71.6 Å². The van der Waals surface area contributed by atoms with Crippen molar-refractivity contribution in [3.8, 4) is 0 Å². The molecule has 26 N–H and O–H groups in total. The van der Waals surface area contributed by atoms with Crippen LogP contribution in [0.1, 0.15) is 27.7 Å². The molecule has 46 nitrogen and oxygen atoms in total. The maximum Gasteiger partial charge on any atom is 0.217 e. The number of rotatable bonds is 30. The predicted octanol–water partition coefficient (Wildman–Crippen LogP) is -17.9. The number of amides is 4. The molecule has 8 rings (SSSR count). The van der Waals surface area contributed by atoms with Crippen LogP contribution in [0.4, 0.5) is 0 Å². The van der Waals surface area contributed by atoms with Crippen molar-refractivity contribution in [3.63, 3.8) is 0 Å². The molecular weight excluding hydrogens is 1420 g/mol. The first kappa shape index (κ1) is 86.0. The van der Waals surface area contributed by atoms with E-state index in [0.717, 1.165) is 20.8 Å². The number of hydrogen-bond donors (Lipinski definition) is 26. The van der Waals surface area contributed by atoms with Gasteiger partial charge in [-0.15, -0.1) is 0 Å². The van der Waals surface area contributed by atoms with Crippen LogP contribution in [0.15, 0.2) is 0 Å². The number of carbonyl (C=O) groups is 4. The minimum atomic E-state index is -2.32. The Kier molecular flexibility index (Phi) is 31.7. The first-order valence-electron chi connectivity index (χ1n) is 33.2. The van der Waals surface area contributed by atoms with E-state index in [2.05, 4.69) is 21.3 Å². The molecule has 0 aliphatic carbocycles. The van der Waals surface area contributed by atoms with Gasteiger partial charge in [-0.2, -0.15) is 0 Å². The van der Waals surface area contributed by atoms with Crippen LogP contribution in [0.25, 0.3) is 0 Å². The molecule has 0 aromatic heterocycles. The highest BCUT2D eigenvalue weighted by Gasteiger charge is 2.60. The molecule has 0 spiro atoms. The molecule has 41 atom stereocenters. The zero-order chi connectivity index (χ0) is 76.6. The summed E-state index contributed by atoms with van der Waals surface area (Å²) in [4.78, 5) is 49.7. The number of hydrogen-bond acceptors (Lipinski definition) is 42. The second-order valence-corrected chi connectivity index (χ2v) is 26.1. The Morgan fingerprint density at radius 1 is 0.337 bits per heavy atom. The summed E-state index contributed by atoms with van der Waals surface area (Å²) in [6.45, 7) is -4.27. The summed E-state index contributed by atoms with van der Waals surface area (Å²) in [7, 11) is 0. The zero-order valence-corrected chi connectivity index (χ0v) is 56.1. The number of carbonyl (C=O) groups excluding carboxylic acids is 4. The van der Waals surface area contributed by atoms with Crippen molar-refractivity contribution in [1.82, 2.24) is 21.3 Å². The molecule has 8 aliphatic heterocycles. The normalized spacial score (nSPS) is 47.6. The number of nitrogens with one attached hydrogen (secondary N) is 4. The van der Waals surface area contributed by atoms with E-state index >= 15 is 0 Å². The third-order valence-electron chi connectivity index (χ3n) is 18.8. The van der Waals surface area contributed by atoms with Gasteiger partial charge in [0.25, 0.3) is 0 Å². The summed E-state index contributed by atoms with van der Waals surface area (Å²) in [5.41, 5.74) is 0. The Balaban J connectivity index is 1.04. The fourth-order valence-electron chi connectivity index (χ4n) is 13.1. The molecule has 8 aliphatic rings. The Morgan fingerprint density at radius 2 is 0.702 bits per heavy atom. The third kappa shape index (κ3) is 19.4. The number of aliphatic hydroxyl groups is 22. The second-order valence-electron chi connectivity index (χ2n) is 26.1. The first-order valence-corrected chi connectivity index (χ1v) is 33.2. The minimum absolute atomic E-state index is 0.258. The van der Waals surface area contributed by atoms with E-state index in [1.54, 1.807) is 0 Å². The molecule has 46 heteroatoms. The van der Waals surface area contributed by atoms with Crippen molar-refractivity contribution in [2.75, 3.05) is 59.5 Å². The summed E-state index contributed by atoms with van der Waals surface area (Å²) in [5.74, 6) is -2.70. The van der Waals surface area contributed by atoms with Crippen LogP contribution in [0.2, 0.25) is 0 Å². The van der Waals surface area contributed by atoms with Crippen molar-refractivity contribution in [2.24, 2.45) is 0 Å². The van der Waals surface area contributed by atoms with Crippen LogP contribution in [-0.4, -0.2) is 447 Å². The van der Waals surface area contributed by atoms with Crippen molar-refractivity contribution >= 4 is 24.1 Å². The molecule has 0 radical (unpaired) electrons.